The zero-order valence-corrected chi connectivity index (χ0v) is 11.1. The minimum Gasteiger partial charge on any atom is -0.384 e. The Morgan fingerprint density at radius 1 is 1.50 bits per heavy atom. The van der Waals surface area contributed by atoms with E-state index in [9.17, 15) is 0 Å². The molecule has 3 unspecified atom stereocenters. The summed E-state index contributed by atoms with van der Waals surface area (Å²) in [6.07, 6.45) is 7.92. The predicted octanol–water partition coefficient (Wildman–Crippen LogP) is 1.86. The number of aromatic nitrogens is 1. The molecule has 1 aromatic rings. The molecule has 0 bridgehead atoms. The largest absolute Gasteiger partial charge is 0.384 e. The molecule has 5 N–H and O–H groups in total. The van der Waals surface area contributed by atoms with Crippen molar-refractivity contribution in [3.63, 3.8) is 0 Å². The lowest BCUT2D eigenvalue weighted by Crippen LogP contribution is -2.41. The van der Waals surface area contributed by atoms with Crippen molar-refractivity contribution in [2.24, 2.45) is 17.7 Å². The smallest absolute Gasteiger partial charge is 0.123 e. The Morgan fingerprint density at radius 2 is 2.33 bits per heavy atom. The molecular formula is C14H24N4. The van der Waals surface area contributed by atoms with Crippen molar-refractivity contribution in [1.29, 1.82) is 0 Å². The van der Waals surface area contributed by atoms with Crippen LogP contribution in [0, 0.1) is 11.8 Å². The third kappa shape index (κ3) is 3.21. The molecule has 0 spiro atoms. The van der Waals surface area contributed by atoms with Crippen LogP contribution in [-0.2, 0) is 6.42 Å². The van der Waals surface area contributed by atoms with Crippen molar-refractivity contribution in [2.45, 2.75) is 45.1 Å². The molecule has 0 aliphatic heterocycles. The molecule has 18 heavy (non-hydrogen) atoms. The van der Waals surface area contributed by atoms with Gasteiger partial charge in [-0.3, -0.25) is 11.3 Å². The van der Waals surface area contributed by atoms with Gasteiger partial charge >= 0.3 is 0 Å². The summed E-state index contributed by atoms with van der Waals surface area (Å²) in [5.41, 5.74) is 9.92. The minimum absolute atomic E-state index is 0.350. The first-order valence-corrected chi connectivity index (χ1v) is 6.89. The molecule has 1 aliphatic carbocycles. The van der Waals surface area contributed by atoms with E-state index in [1.165, 1.54) is 31.2 Å². The maximum atomic E-state index is 5.73. The van der Waals surface area contributed by atoms with Gasteiger partial charge in [-0.15, -0.1) is 0 Å². The highest BCUT2D eigenvalue weighted by Crippen LogP contribution is 2.35. The quantitative estimate of drug-likeness (QED) is 0.549. The second kappa shape index (κ2) is 6.16. The van der Waals surface area contributed by atoms with E-state index in [1.54, 1.807) is 6.20 Å². The maximum absolute atomic E-state index is 5.73. The molecule has 2 rings (SSSR count). The van der Waals surface area contributed by atoms with E-state index < -0.39 is 0 Å². The number of nitrogens with two attached hydrogens (primary N) is 2. The summed E-state index contributed by atoms with van der Waals surface area (Å²) in [5.74, 6) is 7.88. The second-order valence-corrected chi connectivity index (χ2v) is 5.41. The lowest BCUT2D eigenvalue weighted by Gasteiger charge is -2.23. The summed E-state index contributed by atoms with van der Waals surface area (Å²) in [7, 11) is 0. The van der Waals surface area contributed by atoms with Gasteiger partial charge in [-0.1, -0.05) is 19.8 Å². The fraction of sp³-hybridized carbons (Fsp3) is 0.643. The maximum Gasteiger partial charge on any atom is 0.123 e. The summed E-state index contributed by atoms with van der Waals surface area (Å²) < 4.78 is 0. The molecule has 1 fully saturated rings. The Kier molecular flexibility index (Phi) is 4.55. The SMILES string of the molecule is CCC1CCC(C(Cc2ccnc(N)c2)NN)C1. The summed E-state index contributed by atoms with van der Waals surface area (Å²) >= 11 is 0. The van der Waals surface area contributed by atoms with E-state index in [-0.39, 0.29) is 0 Å². The third-order valence-electron chi connectivity index (χ3n) is 4.24. The van der Waals surface area contributed by atoms with Gasteiger partial charge in [0, 0.05) is 12.2 Å². The highest BCUT2D eigenvalue weighted by atomic mass is 15.2. The lowest BCUT2D eigenvalue weighted by atomic mass is 9.91. The summed E-state index contributed by atoms with van der Waals surface area (Å²) in [6, 6.07) is 4.31. The molecule has 4 heteroatoms. The number of hydrogen-bond donors (Lipinski definition) is 3. The van der Waals surface area contributed by atoms with E-state index in [4.69, 9.17) is 11.6 Å². The van der Waals surface area contributed by atoms with Crippen molar-refractivity contribution < 1.29 is 0 Å². The van der Waals surface area contributed by atoms with E-state index in [2.05, 4.69) is 17.3 Å². The third-order valence-corrected chi connectivity index (χ3v) is 4.24. The number of nitrogen functional groups attached to an aromatic ring is 1. The van der Waals surface area contributed by atoms with Crippen LogP contribution in [0.5, 0.6) is 0 Å². The van der Waals surface area contributed by atoms with Gasteiger partial charge in [-0.2, -0.15) is 0 Å². The molecule has 0 saturated heterocycles. The number of pyridine rings is 1. The number of hydrazine groups is 1. The van der Waals surface area contributed by atoms with Crippen molar-refractivity contribution in [1.82, 2.24) is 10.4 Å². The van der Waals surface area contributed by atoms with E-state index >= 15 is 0 Å². The zero-order chi connectivity index (χ0) is 13.0. The van der Waals surface area contributed by atoms with Crippen LogP contribution in [0.1, 0.15) is 38.2 Å². The Morgan fingerprint density at radius 3 is 2.94 bits per heavy atom. The van der Waals surface area contributed by atoms with Crippen molar-refractivity contribution in [3.05, 3.63) is 23.9 Å². The van der Waals surface area contributed by atoms with Crippen molar-refractivity contribution >= 4 is 5.82 Å². The first kappa shape index (κ1) is 13.3. The number of hydrogen-bond acceptors (Lipinski definition) is 4. The molecule has 0 radical (unpaired) electrons. The van der Waals surface area contributed by atoms with Crippen LogP contribution in [0.4, 0.5) is 5.82 Å². The zero-order valence-electron chi connectivity index (χ0n) is 11.1. The Labute approximate surface area is 109 Å². The van der Waals surface area contributed by atoms with Crippen LogP contribution < -0.4 is 17.0 Å². The average molecular weight is 248 g/mol. The van der Waals surface area contributed by atoms with Crippen LogP contribution in [0.2, 0.25) is 0 Å². The van der Waals surface area contributed by atoms with Crippen molar-refractivity contribution in [2.75, 3.05) is 5.73 Å². The Hall–Kier alpha value is -1.13. The van der Waals surface area contributed by atoms with Gasteiger partial charge in [0.1, 0.15) is 5.82 Å². The topological polar surface area (TPSA) is 77.0 Å². The lowest BCUT2D eigenvalue weighted by molar-refractivity contribution is 0.348. The molecule has 3 atom stereocenters. The highest BCUT2D eigenvalue weighted by Gasteiger charge is 2.29. The fourth-order valence-electron chi connectivity index (χ4n) is 3.09. The average Bonchev–Trinajstić information content (AvgIpc) is 2.84. The molecule has 0 amide bonds. The van der Waals surface area contributed by atoms with Gasteiger partial charge in [0.05, 0.1) is 0 Å². The van der Waals surface area contributed by atoms with Gasteiger partial charge in [-0.25, -0.2) is 4.98 Å². The van der Waals surface area contributed by atoms with Gasteiger partial charge < -0.3 is 5.73 Å². The molecule has 4 nitrogen and oxygen atoms in total. The first-order valence-electron chi connectivity index (χ1n) is 6.89. The van der Waals surface area contributed by atoms with E-state index in [0.717, 1.165) is 12.3 Å². The molecule has 1 aromatic heterocycles. The Bertz CT molecular complexity index is 380. The molecule has 1 aliphatic rings. The van der Waals surface area contributed by atoms with Gasteiger partial charge in [-0.05, 0) is 48.8 Å². The highest BCUT2D eigenvalue weighted by molar-refractivity contribution is 5.32. The van der Waals surface area contributed by atoms with Crippen LogP contribution in [0.15, 0.2) is 18.3 Å². The minimum atomic E-state index is 0.350. The molecule has 100 valence electrons. The molecular weight excluding hydrogens is 224 g/mol. The standard InChI is InChI=1S/C14H24N4/c1-2-10-3-4-12(7-10)13(18-16)8-11-5-6-17-14(15)9-11/h5-6,9-10,12-13,18H,2-4,7-8,16H2,1H3,(H2,15,17). The van der Waals surface area contributed by atoms with Crippen LogP contribution >= 0.6 is 0 Å². The predicted molar refractivity (Wildman–Crippen MR) is 74.6 cm³/mol. The van der Waals surface area contributed by atoms with E-state index in [0.29, 0.717) is 17.8 Å². The number of nitrogens with zero attached hydrogens (tertiary/aromatic N) is 1. The van der Waals surface area contributed by atoms with Crippen LogP contribution in [-0.4, -0.2) is 11.0 Å². The monoisotopic (exact) mass is 248 g/mol. The molecule has 1 heterocycles. The summed E-state index contributed by atoms with van der Waals surface area (Å²) in [5, 5.41) is 0. The van der Waals surface area contributed by atoms with Gasteiger partial charge in [0.15, 0.2) is 0 Å². The molecule has 1 saturated carbocycles. The van der Waals surface area contributed by atoms with Crippen LogP contribution in [0.3, 0.4) is 0 Å². The number of rotatable bonds is 5. The fourth-order valence-corrected chi connectivity index (χ4v) is 3.09. The Balaban J connectivity index is 1.97. The number of nitrogens with one attached hydrogen (secondary N) is 1. The molecule has 0 aromatic carbocycles. The second-order valence-electron chi connectivity index (χ2n) is 5.41. The van der Waals surface area contributed by atoms with Gasteiger partial charge in [0.2, 0.25) is 0 Å². The first-order chi connectivity index (χ1) is 8.72. The van der Waals surface area contributed by atoms with Crippen LogP contribution in [0.25, 0.3) is 0 Å². The normalized spacial score (nSPS) is 25.2. The van der Waals surface area contributed by atoms with E-state index in [1.807, 2.05) is 12.1 Å². The summed E-state index contributed by atoms with van der Waals surface area (Å²) in [4.78, 5) is 4.02. The summed E-state index contributed by atoms with van der Waals surface area (Å²) in [6.45, 7) is 2.28. The number of anilines is 1. The van der Waals surface area contributed by atoms with Crippen molar-refractivity contribution in [3.8, 4) is 0 Å². The van der Waals surface area contributed by atoms with Gasteiger partial charge in [0.25, 0.3) is 0 Å².